The molecule has 0 N–H and O–H groups in total. The van der Waals surface area contributed by atoms with E-state index in [4.69, 9.17) is 0 Å². The molecule has 0 fully saturated rings. The molecule has 0 bridgehead atoms. The Morgan fingerprint density at radius 2 is 2.14 bits per heavy atom. The summed E-state index contributed by atoms with van der Waals surface area (Å²) >= 11 is 1.90. The molecular weight excluding hydrogens is 131 g/mol. The zero-order valence-corrected chi connectivity index (χ0v) is 5.94. The molecule has 0 radical (unpaired) electrons. The van der Waals surface area contributed by atoms with E-state index in [-0.39, 0.29) is 0 Å². The van der Waals surface area contributed by atoms with Crippen molar-refractivity contribution < 1.29 is 26.5 Å². The fraction of sp³-hybridized carbons (Fsp3) is 1.00. The second kappa shape index (κ2) is 4.66. The molecule has 0 unspecified atom stereocenters. The predicted octanol–water partition coefficient (Wildman–Crippen LogP) is 1.05. The van der Waals surface area contributed by atoms with Crippen LogP contribution in [0, 0.1) is 5.92 Å². The average Bonchev–Trinajstić information content (AvgIpc) is 1.61. The second-order valence-corrected chi connectivity index (χ2v) is 1.99. The Balaban J connectivity index is 2.68. The quantitative estimate of drug-likeness (QED) is 0.431. The van der Waals surface area contributed by atoms with Crippen LogP contribution in [-0.4, -0.2) is 6.61 Å². The van der Waals surface area contributed by atoms with Gasteiger partial charge in [-0.2, -0.15) is 0 Å². The summed E-state index contributed by atoms with van der Waals surface area (Å²) < 4.78 is 4.29. The molecule has 0 saturated heterocycles. The van der Waals surface area contributed by atoms with Gasteiger partial charge in [0.1, 0.15) is 0 Å². The van der Waals surface area contributed by atoms with Gasteiger partial charge in [-0.3, -0.25) is 0 Å². The average molecular weight is 140 g/mol. The van der Waals surface area contributed by atoms with Crippen LogP contribution in [0.4, 0.5) is 0 Å². The first kappa shape index (κ1) is 7.50. The molecule has 0 aliphatic heterocycles. The van der Waals surface area contributed by atoms with Crippen LogP contribution < -0.4 is 0 Å². The Kier molecular flexibility index (Phi) is 4.99. The maximum atomic E-state index is 4.57. The van der Waals surface area contributed by atoms with Crippen molar-refractivity contribution in [2.24, 2.45) is 5.92 Å². The van der Waals surface area contributed by atoms with Gasteiger partial charge in [0.2, 0.25) is 0 Å². The first-order valence-electron chi connectivity index (χ1n) is 2.20. The van der Waals surface area contributed by atoms with Gasteiger partial charge in [-0.25, -0.2) is 0 Å². The molecule has 0 atom stereocenters. The van der Waals surface area contributed by atoms with E-state index >= 15 is 0 Å². The first-order chi connectivity index (χ1) is 3.27. The van der Waals surface area contributed by atoms with Crippen LogP contribution in [0.1, 0.15) is 13.8 Å². The maximum absolute atomic E-state index is 4.57. The van der Waals surface area contributed by atoms with E-state index in [9.17, 15) is 0 Å². The van der Waals surface area contributed by atoms with Gasteiger partial charge in [0, 0.05) is 0 Å². The fourth-order valence-corrected chi connectivity index (χ4v) is 0.262. The second-order valence-electron chi connectivity index (χ2n) is 1.75. The number of hydrogen-bond acceptors (Lipinski definition) is 2. The Morgan fingerprint density at radius 1 is 1.57 bits per heavy atom. The zero-order valence-electron chi connectivity index (χ0n) is 4.55. The molecule has 0 aromatic rings. The van der Waals surface area contributed by atoms with Gasteiger partial charge >= 0.3 is 52.8 Å². The molecule has 7 heavy (non-hydrogen) atoms. The van der Waals surface area contributed by atoms with Crippen molar-refractivity contribution in [1.29, 1.82) is 0 Å². The summed E-state index contributed by atoms with van der Waals surface area (Å²) in [5.74, 6) is 0.546. The van der Waals surface area contributed by atoms with Crippen molar-refractivity contribution in [2.75, 3.05) is 6.61 Å². The minimum absolute atomic E-state index is 0.546. The molecule has 0 aromatic carbocycles. The van der Waals surface area contributed by atoms with Crippen molar-refractivity contribution >= 4 is 0 Å². The summed E-state index contributed by atoms with van der Waals surface area (Å²) in [5, 5.41) is 0. The summed E-state index contributed by atoms with van der Waals surface area (Å²) in [7, 11) is 0. The molecule has 0 aliphatic carbocycles. The molecule has 0 rings (SSSR count). The van der Waals surface area contributed by atoms with Crippen molar-refractivity contribution in [3.8, 4) is 0 Å². The van der Waals surface area contributed by atoms with Gasteiger partial charge in [0.25, 0.3) is 0 Å². The van der Waals surface area contributed by atoms with Gasteiger partial charge in [-0.15, -0.1) is 0 Å². The summed E-state index contributed by atoms with van der Waals surface area (Å²) in [6.45, 7) is 4.78. The van der Waals surface area contributed by atoms with Crippen LogP contribution in [0.5, 0.6) is 0 Å². The van der Waals surface area contributed by atoms with Crippen LogP contribution >= 0.6 is 0 Å². The third-order valence-corrected chi connectivity index (χ3v) is 0.619. The Bertz CT molecular complexity index is 38.7. The molecule has 0 spiro atoms. The van der Waals surface area contributed by atoms with Crippen molar-refractivity contribution in [2.45, 2.75) is 13.8 Å². The van der Waals surface area contributed by atoms with E-state index in [1.54, 1.807) is 0 Å². The summed E-state index contributed by atoms with van der Waals surface area (Å²) in [4.78, 5) is 4.57. The molecule has 42 valence electrons. The van der Waals surface area contributed by atoms with Crippen LogP contribution in [0.2, 0.25) is 0 Å². The predicted molar refractivity (Wildman–Crippen MR) is 21.9 cm³/mol. The van der Waals surface area contributed by atoms with Gasteiger partial charge < -0.3 is 0 Å². The van der Waals surface area contributed by atoms with Gasteiger partial charge in [-0.05, 0) is 0 Å². The number of hydrogen-bond donors (Lipinski definition) is 0. The van der Waals surface area contributed by atoms with E-state index in [0.29, 0.717) is 12.5 Å². The summed E-state index contributed by atoms with van der Waals surface area (Å²) in [6.07, 6.45) is 0. The topological polar surface area (TPSA) is 18.5 Å². The molecule has 0 amide bonds. The van der Waals surface area contributed by atoms with Crippen LogP contribution in [0.3, 0.4) is 0 Å². The third-order valence-electron chi connectivity index (χ3n) is 0.454. The molecule has 2 nitrogen and oxygen atoms in total. The Hall–Kier alpha value is 0.504. The van der Waals surface area contributed by atoms with E-state index < -0.39 is 0 Å². The van der Waals surface area contributed by atoms with Crippen molar-refractivity contribution in [1.82, 2.24) is 0 Å². The molecule has 0 saturated carbocycles. The molecule has 0 aliphatic rings. The Labute approximate surface area is 53.5 Å². The van der Waals surface area contributed by atoms with Crippen LogP contribution in [0.25, 0.3) is 0 Å². The number of rotatable bonds is 3. The Morgan fingerprint density at radius 3 is 2.29 bits per heavy atom. The van der Waals surface area contributed by atoms with Gasteiger partial charge in [0.15, 0.2) is 0 Å². The monoisotopic (exact) mass is 140 g/mol. The summed E-state index contributed by atoms with van der Waals surface area (Å²) in [6, 6.07) is 0. The van der Waals surface area contributed by atoms with E-state index in [2.05, 4.69) is 22.5 Å². The molecule has 3 heteroatoms. The van der Waals surface area contributed by atoms with E-state index in [1.807, 2.05) is 17.8 Å². The third kappa shape index (κ3) is 6.50. The van der Waals surface area contributed by atoms with E-state index in [1.165, 1.54) is 0 Å². The standard InChI is InChI=1S/C4H10O2.V/c1-4(2)3-6-5;/h4-5H,3H2,1-2H3;/q;+1/p-1. The zero-order chi connectivity index (χ0) is 5.70. The van der Waals surface area contributed by atoms with Crippen LogP contribution in [-0.2, 0) is 26.5 Å². The first-order valence-corrected chi connectivity index (χ1v) is 2.77. The van der Waals surface area contributed by atoms with Crippen molar-refractivity contribution in [3.05, 3.63) is 0 Å². The molecule has 0 aromatic heterocycles. The van der Waals surface area contributed by atoms with Gasteiger partial charge in [0.05, 0.1) is 0 Å². The molecular formula is C4H9O2V. The minimum atomic E-state index is 0.546. The fourth-order valence-electron chi connectivity index (χ4n) is 0.167. The van der Waals surface area contributed by atoms with Gasteiger partial charge in [-0.1, -0.05) is 0 Å². The molecule has 0 heterocycles. The van der Waals surface area contributed by atoms with Crippen LogP contribution in [0.15, 0.2) is 0 Å². The summed E-state index contributed by atoms with van der Waals surface area (Å²) in [5.41, 5.74) is 0. The SMILES string of the molecule is CC(C)CO[O][V]. The van der Waals surface area contributed by atoms with E-state index in [0.717, 1.165) is 0 Å². The van der Waals surface area contributed by atoms with Crippen molar-refractivity contribution in [3.63, 3.8) is 0 Å². The normalized spacial score (nSPS) is 10.1.